The summed E-state index contributed by atoms with van der Waals surface area (Å²) in [5.41, 5.74) is 7.80. The van der Waals surface area contributed by atoms with Crippen molar-refractivity contribution in [3.05, 3.63) is 24.3 Å². The van der Waals surface area contributed by atoms with Crippen LogP contribution in [0.5, 0.6) is 0 Å². The van der Waals surface area contributed by atoms with E-state index < -0.39 is 0 Å². The Bertz CT molecular complexity index is 308. The van der Waals surface area contributed by atoms with Gasteiger partial charge in [-0.15, -0.1) is 24.8 Å². The fourth-order valence-corrected chi connectivity index (χ4v) is 2.01. The molecule has 0 aliphatic carbocycles. The summed E-state index contributed by atoms with van der Waals surface area (Å²) >= 11 is 0. The number of likely N-dealkylation sites (N-methyl/N-ethyl adjacent to an activating group) is 1. The highest BCUT2D eigenvalue weighted by Crippen LogP contribution is 2.17. The SMILES string of the molecule is CCN1CCN(c2ccc(N)cc2)CC1.Cl.Cl. The van der Waals surface area contributed by atoms with Crippen LogP contribution in [0.15, 0.2) is 24.3 Å². The highest BCUT2D eigenvalue weighted by Gasteiger charge is 2.15. The fourth-order valence-electron chi connectivity index (χ4n) is 2.01. The minimum Gasteiger partial charge on any atom is -0.399 e. The first-order valence-corrected chi connectivity index (χ1v) is 5.62. The Morgan fingerprint density at radius 2 is 1.53 bits per heavy atom. The molecule has 1 aliphatic rings. The third-order valence-electron chi connectivity index (χ3n) is 3.08. The summed E-state index contributed by atoms with van der Waals surface area (Å²) in [6.07, 6.45) is 0. The van der Waals surface area contributed by atoms with Crippen molar-refractivity contribution in [2.75, 3.05) is 43.4 Å². The molecule has 0 aromatic heterocycles. The van der Waals surface area contributed by atoms with Gasteiger partial charge < -0.3 is 15.5 Å². The minimum atomic E-state index is 0. The van der Waals surface area contributed by atoms with Crippen LogP contribution in [0.4, 0.5) is 11.4 Å². The highest BCUT2D eigenvalue weighted by molar-refractivity contribution is 5.85. The summed E-state index contributed by atoms with van der Waals surface area (Å²) in [5.74, 6) is 0. The van der Waals surface area contributed by atoms with Gasteiger partial charge in [0, 0.05) is 37.6 Å². The predicted molar refractivity (Wildman–Crippen MR) is 79.7 cm³/mol. The van der Waals surface area contributed by atoms with E-state index in [0.717, 1.165) is 25.3 Å². The van der Waals surface area contributed by atoms with Gasteiger partial charge in [0.1, 0.15) is 0 Å². The molecule has 0 radical (unpaired) electrons. The number of rotatable bonds is 2. The van der Waals surface area contributed by atoms with E-state index in [1.807, 2.05) is 12.1 Å². The molecule has 1 saturated heterocycles. The zero-order valence-electron chi connectivity index (χ0n) is 10.1. The average molecular weight is 278 g/mol. The molecule has 1 heterocycles. The van der Waals surface area contributed by atoms with Gasteiger partial charge in [0.05, 0.1) is 0 Å². The molecule has 0 atom stereocenters. The maximum absolute atomic E-state index is 5.67. The number of hydrogen-bond donors (Lipinski definition) is 1. The quantitative estimate of drug-likeness (QED) is 0.842. The van der Waals surface area contributed by atoms with E-state index >= 15 is 0 Å². The molecule has 0 unspecified atom stereocenters. The van der Waals surface area contributed by atoms with Crippen LogP contribution in [0.3, 0.4) is 0 Å². The number of nitrogen functional groups attached to an aromatic ring is 1. The first-order chi connectivity index (χ1) is 7.29. The van der Waals surface area contributed by atoms with Gasteiger partial charge in [0.15, 0.2) is 0 Å². The molecule has 0 amide bonds. The molecule has 98 valence electrons. The molecule has 0 saturated carbocycles. The molecule has 0 spiro atoms. The number of anilines is 2. The van der Waals surface area contributed by atoms with Crippen molar-refractivity contribution in [2.24, 2.45) is 0 Å². The Hall–Kier alpha value is -0.640. The van der Waals surface area contributed by atoms with Crippen LogP contribution in [0, 0.1) is 0 Å². The van der Waals surface area contributed by atoms with Crippen molar-refractivity contribution < 1.29 is 0 Å². The van der Waals surface area contributed by atoms with Crippen LogP contribution in [0.25, 0.3) is 0 Å². The Morgan fingerprint density at radius 1 is 1.00 bits per heavy atom. The molecule has 1 aliphatic heterocycles. The molecule has 1 fully saturated rings. The van der Waals surface area contributed by atoms with Gasteiger partial charge in [-0.2, -0.15) is 0 Å². The minimum absolute atomic E-state index is 0. The molecule has 3 nitrogen and oxygen atoms in total. The average Bonchev–Trinajstić information content (AvgIpc) is 2.30. The largest absolute Gasteiger partial charge is 0.399 e. The van der Waals surface area contributed by atoms with Crippen molar-refractivity contribution in [1.29, 1.82) is 0 Å². The first kappa shape index (κ1) is 16.4. The maximum atomic E-state index is 5.67. The monoisotopic (exact) mass is 277 g/mol. The summed E-state index contributed by atoms with van der Waals surface area (Å²) in [7, 11) is 0. The molecule has 0 bridgehead atoms. The number of halogens is 2. The molecule has 2 N–H and O–H groups in total. The molecule has 17 heavy (non-hydrogen) atoms. The van der Waals surface area contributed by atoms with E-state index in [1.165, 1.54) is 18.8 Å². The summed E-state index contributed by atoms with van der Waals surface area (Å²) < 4.78 is 0. The van der Waals surface area contributed by atoms with Gasteiger partial charge in [0.2, 0.25) is 0 Å². The van der Waals surface area contributed by atoms with Crippen molar-refractivity contribution in [1.82, 2.24) is 4.90 Å². The lowest BCUT2D eigenvalue weighted by Crippen LogP contribution is -2.46. The van der Waals surface area contributed by atoms with Crippen molar-refractivity contribution in [3.63, 3.8) is 0 Å². The fraction of sp³-hybridized carbons (Fsp3) is 0.500. The summed E-state index contributed by atoms with van der Waals surface area (Å²) in [6, 6.07) is 8.16. The maximum Gasteiger partial charge on any atom is 0.0368 e. The van der Waals surface area contributed by atoms with E-state index in [1.54, 1.807) is 0 Å². The van der Waals surface area contributed by atoms with Gasteiger partial charge in [-0.05, 0) is 30.8 Å². The summed E-state index contributed by atoms with van der Waals surface area (Å²) in [6.45, 7) is 7.96. The summed E-state index contributed by atoms with van der Waals surface area (Å²) in [5, 5.41) is 0. The van der Waals surface area contributed by atoms with Gasteiger partial charge in [-0.25, -0.2) is 0 Å². The number of benzene rings is 1. The standard InChI is InChI=1S/C12H19N3.2ClH/c1-2-14-7-9-15(10-8-14)12-5-3-11(13)4-6-12;;/h3-6H,2,7-10,13H2,1H3;2*1H. The number of nitrogens with two attached hydrogens (primary N) is 1. The lowest BCUT2D eigenvalue weighted by atomic mass is 10.2. The molecular weight excluding hydrogens is 257 g/mol. The second-order valence-electron chi connectivity index (χ2n) is 4.01. The van der Waals surface area contributed by atoms with Crippen LogP contribution in [-0.2, 0) is 0 Å². The lowest BCUT2D eigenvalue weighted by molar-refractivity contribution is 0.271. The van der Waals surface area contributed by atoms with Crippen molar-refractivity contribution >= 4 is 36.2 Å². The van der Waals surface area contributed by atoms with Crippen LogP contribution in [0.1, 0.15) is 6.92 Å². The van der Waals surface area contributed by atoms with E-state index in [9.17, 15) is 0 Å². The van der Waals surface area contributed by atoms with Crippen molar-refractivity contribution in [2.45, 2.75) is 6.92 Å². The molecule has 2 rings (SSSR count). The molecule has 1 aromatic rings. The molecule has 5 heteroatoms. The first-order valence-electron chi connectivity index (χ1n) is 5.62. The van der Waals surface area contributed by atoms with Crippen LogP contribution in [0.2, 0.25) is 0 Å². The second kappa shape index (κ2) is 7.64. The van der Waals surface area contributed by atoms with E-state index in [2.05, 4.69) is 28.9 Å². The Labute approximate surface area is 116 Å². The summed E-state index contributed by atoms with van der Waals surface area (Å²) in [4.78, 5) is 4.90. The number of hydrogen-bond acceptors (Lipinski definition) is 3. The van der Waals surface area contributed by atoms with Gasteiger partial charge in [-0.3, -0.25) is 0 Å². The second-order valence-corrected chi connectivity index (χ2v) is 4.01. The normalized spacial score (nSPS) is 15.9. The van der Waals surface area contributed by atoms with E-state index in [0.29, 0.717) is 0 Å². The van der Waals surface area contributed by atoms with Crippen molar-refractivity contribution in [3.8, 4) is 0 Å². The van der Waals surface area contributed by atoms with Gasteiger partial charge in [0.25, 0.3) is 0 Å². The van der Waals surface area contributed by atoms with E-state index in [-0.39, 0.29) is 24.8 Å². The zero-order chi connectivity index (χ0) is 10.7. The lowest BCUT2D eigenvalue weighted by Gasteiger charge is -2.35. The van der Waals surface area contributed by atoms with Crippen LogP contribution < -0.4 is 10.6 Å². The van der Waals surface area contributed by atoms with Gasteiger partial charge >= 0.3 is 0 Å². The predicted octanol–water partition coefficient (Wildman–Crippen LogP) is 2.25. The van der Waals surface area contributed by atoms with Crippen LogP contribution >= 0.6 is 24.8 Å². The van der Waals surface area contributed by atoms with E-state index in [4.69, 9.17) is 5.73 Å². The highest BCUT2D eigenvalue weighted by atomic mass is 35.5. The zero-order valence-corrected chi connectivity index (χ0v) is 11.8. The Balaban J connectivity index is 0.00000128. The molecule has 1 aromatic carbocycles. The number of nitrogens with zero attached hydrogens (tertiary/aromatic N) is 2. The Kier molecular flexibility index (Phi) is 7.35. The van der Waals surface area contributed by atoms with Crippen LogP contribution in [-0.4, -0.2) is 37.6 Å². The number of piperazine rings is 1. The van der Waals surface area contributed by atoms with Gasteiger partial charge in [-0.1, -0.05) is 6.92 Å². The third-order valence-corrected chi connectivity index (χ3v) is 3.08. The third kappa shape index (κ3) is 4.26. The smallest absolute Gasteiger partial charge is 0.0368 e. The Morgan fingerprint density at radius 3 is 2.00 bits per heavy atom. The molecular formula is C12H21Cl2N3. The topological polar surface area (TPSA) is 32.5 Å².